The van der Waals surface area contributed by atoms with Crippen molar-refractivity contribution in [2.45, 2.75) is 0 Å². The standard InChI is InChI=1S/C21H14FN3O5/c22-19-7-2-1-6-18(19)20(26)24-23-13-14-8-10-17(11-9-14)30-21(27)15-4-3-5-16(12-15)25(28)29/h1-13H,(H,24,26)/b23-13-. The number of nitro benzene ring substituents is 1. The highest BCUT2D eigenvalue weighted by atomic mass is 19.1. The van der Waals surface area contributed by atoms with Crippen molar-refractivity contribution >= 4 is 23.8 Å². The van der Waals surface area contributed by atoms with Crippen LogP contribution in [0.15, 0.2) is 77.9 Å². The quantitative estimate of drug-likeness (QED) is 0.220. The van der Waals surface area contributed by atoms with E-state index in [2.05, 4.69) is 10.5 Å². The van der Waals surface area contributed by atoms with Gasteiger partial charge in [0, 0.05) is 12.1 Å². The highest BCUT2D eigenvalue weighted by Crippen LogP contribution is 2.17. The molecule has 3 rings (SSSR count). The molecule has 0 spiro atoms. The maximum absolute atomic E-state index is 13.5. The van der Waals surface area contributed by atoms with Crippen LogP contribution in [0.4, 0.5) is 10.1 Å². The first-order valence-electron chi connectivity index (χ1n) is 8.58. The summed E-state index contributed by atoms with van der Waals surface area (Å²) in [6.07, 6.45) is 1.34. The molecule has 8 nitrogen and oxygen atoms in total. The number of halogens is 1. The molecule has 0 atom stereocenters. The predicted molar refractivity (Wildman–Crippen MR) is 106 cm³/mol. The van der Waals surface area contributed by atoms with Gasteiger partial charge in [-0.05, 0) is 48.0 Å². The van der Waals surface area contributed by atoms with Crippen LogP contribution in [0.1, 0.15) is 26.3 Å². The molecule has 3 aromatic carbocycles. The van der Waals surface area contributed by atoms with Crippen LogP contribution in [0.25, 0.3) is 0 Å². The van der Waals surface area contributed by atoms with Crippen LogP contribution in [-0.2, 0) is 0 Å². The molecule has 0 aliphatic rings. The van der Waals surface area contributed by atoms with Crippen molar-refractivity contribution in [3.63, 3.8) is 0 Å². The molecule has 0 aliphatic heterocycles. The van der Waals surface area contributed by atoms with Gasteiger partial charge in [0.1, 0.15) is 11.6 Å². The lowest BCUT2D eigenvalue weighted by atomic mass is 10.2. The van der Waals surface area contributed by atoms with Gasteiger partial charge in [-0.3, -0.25) is 14.9 Å². The molecular formula is C21H14FN3O5. The maximum Gasteiger partial charge on any atom is 0.343 e. The average molecular weight is 407 g/mol. The van der Waals surface area contributed by atoms with Crippen molar-refractivity contribution in [1.29, 1.82) is 0 Å². The Kier molecular flexibility index (Phi) is 6.23. The zero-order valence-electron chi connectivity index (χ0n) is 15.3. The number of benzene rings is 3. The highest BCUT2D eigenvalue weighted by molar-refractivity contribution is 5.95. The Morgan fingerprint density at radius 3 is 2.47 bits per heavy atom. The van der Waals surface area contributed by atoms with Crippen molar-refractivity contribution in [2.75, 3.05) is 0 Å². The summed E-state index contributed by atoms with van der Waals surface area (Å²) in [4.78, 5) is 34.2. The second-order valence-corrected chi connectivity index (χ2v) is 5.94. The number of carbonyl (C=O) groups is 2. The number of hydrogen-bond donors (Lipinski definition) is 1. The van der Waals surface area contributed by atoms with Crippen molar-refractivity contribution in [1.82, 2.24) is 5.43 Å². The van der Waals surface area contributed by atoms with Gasteiger partial charge in [-0.25, -0.2) is 14.6 Å². The molecular weight excluding hydrogens is 393 g/mol. The molecule has 0 heterocycles. The fraction of sp³-hybridized carbons (Fsp3) is 0. The van der Waals surface area contributed by atoms with Gasteiger partial charge >= 0.3 is 5.97 Å². The SMILES string of the molecule is O=C(Oc1ccc(/C=N\NC(=O)c2ccccc2F)cc1)c1cccc([N+](=O)[O-])c1. The van der Waals surface area contributed by atoms with Gasteiger partial charge in [-0.1, -0.05) is 18.2 Å². The van der Waals surface area contributed by atoms with E-state index in [1.54, 1.807) is 12.1 Å². The van der Waals surface area contributed by atoms with Crippen LogP contribution in [0.2, 0.25) is 0 Å². The second kappa shape index (κ2) is 9.20. The molecule has 1 N–H and O–H groups in total. The van der Waals surface area contributed by atoms with Gasteiger partial charge in [-0.15, -0.1) is 0 Å². The first kappa shape index (κ1) is 20.3. The Morgan fingerprint density at radius 2 is 1.77 bits per heavy atom. The van der Waals surface area contributed by atoms with Crippen molar-refractivity contribution < 1.29 is 23.6 Å². The Hall–Kier alpha value is -4.40. The van der Waals surface area contributed by atoms with E-state index < -0.39 is 22.6 Å². The molecule has 0 aromatic heterocycles. The number of ether oxygens (including phenoxy) is 1. The Morgan fingerprint density at radius 1 is 1.03 bits per heavy atom. The van der Waals surface area contributed by atoms with Gasteiger partial charge in [0.05, 0.1) is 22.3 Å². The lowest BCUT2D eigenvalue weighted by molar-refractivity contribution is -0.384. The van der Waals surface area contributed by atoms with E-state index in [4.69, 9.17) is 4.74 Å². The Labute approximate surface area is 169 Å². The third kappa shape index (κ3) is 5.10. The maximum atomic E-state index is 13.5. The van der Waals surface area contributed by atoms with Crippen LogP contribution in [-0.4, -0.2) is 23.0 Å². The fourth-order valence-electron chi connectivity index (χ4n) is 2.41. The minimum Gasteiger partial charge on any atom is -0.423 e. The molecule has 3 aromatic rings. The molecule has 0 saturated carbocycles. The summed E-state index contributed by atoms with van der Waals surface area (Å²) in [5, 5.41) is 14.6. The van der Waals surface area contributed by atoms with E-state index in [0.29, 0.717) is 5.56 Å². The lowest BCUT2D eigenvalue weighted by Gasteiger charge is -2.05. The minimum atomic E-state index is -0.739. The number of rotatable bonds is 6. The third-order valence-electron chi connectivity index (χ3n) is 3.88. The summed E-state index contributed by atoms with van der Waals surface area (Å²) in [6, 6.07) is 16.9. The first-order valence-corrected chi connectivity index (χ1v) is 8.58. The van der Waals surface area contributed by atoms with Crippen LogP contribution >= 0.6 is 0 Å². The van der Waals surface area contributed by atoms with Crippen LogP contribution in [0, 0.1) is 15.9 Å². The van der Waals surface area contributed by atoms with Crippen molar-refractivity contribution in [2.24, 2.45) is 5.10 Å². The number of amides is 1. The van der Waals surface area contributed by atoms with E-state index in [1.807, 2.05) is 0 Å². The summed E-state index contributed by atoms with van der Waals surface area (Å²) in [6.45, 7) is 0. The number of nitro groups is 1. The molecule has 0 radical (unpaired) electrons. The molecule has 0 aliphatic carbocycles. The monoisotopic (exact) mass is 407 g/mol. The molecule has 0 fully saturated rings. The van der Waals surface area contributed by atoms with Gasteiger partial charge in [0.15, 0.2) is 0 Å². The topological polar surface area (TPSA) is 111 Å². The third-order valence-corrected chi connectivity index (χ3v) is 3.88. The molecule has 150 valence electrons. The smallest absolute Gasteiger partial charge is 0.343 e. The lowest BCUT2D eigenvalue weighted by Crippen LogP contribution is -2.18. The van der Waals surface area contributed by atoms with E-state index in [0.717, 1.165) is 6.07 Å². The van der Waals surface area contributed by atoms with Gasteiger partial charge in [-0.2, -0.15) is 5.10 Å². The number of hydrazone groups is 1. The number of nitrogens with one attached hydrogen (secondary N) is 1. The van der Waals surface area contributed by atoms with Gasteiger partial charge in [0.25, 0.3) is 11.6 Å². The summed E-state index contributed by atoms with van der Waals surface area (Å²) in [5.74, 6) is -1.86. The van der Waals surface area contributed by atoms with Crippen LogP contribution in [0.5, 0.6) is 5.75 Å². The summed E-state index contributed by atoms with van der Waals surface area (Å²) in [7, 11) is 0. The van der Waals surface area contributed by atoms with Crippen molar-refractivity contribution in [3.8, 4) is 5.75 Å². The summed E-state index contributed by atoms with van der Waals surface area (Å²) < 4.78 is 18.7. The largest absolute Gasteiger partial charge is 0.423 e. The van der Waals surface area contributed by atoms with E-state index >= 15 is 0 Å². The minimum absolute atomic E-state index is 0.0469. The van der Waals surface area contributed by atoms with E-state index in [9.17, 15) is 24.1 Å². The van der Waals surface area contributed by atoms with Crippen molar-refractivity contribution in [3.05, 3.63) is 105 Å². The number of hydrogen-bond acceptors (Lipinski definition) is 6. The molecule has 1 amide bonds. The van der Waals surface area contributed by atoms with Crippen LogP contribution in [0.3, 0.4) is 0 Å². The Balaban J connectivity index is 1.59. The summed E-state index contributed by atoms with van der Waals surface area (Å²) >= 11 is 0. The van der Waals surface area contributed by atoms with Crippen LogP contribution < -0.4 is 10.2 Å². The Bertz CT molecular complexity index is 1130. The second-order valence-electron chi connectivity index (χ2n) is 5.94. The number of carbonyl (C=O) groups excluding carboxylic acids is 2. The van der Waals surface area contributed by atoms with Gasteiger partial charge in [0.2, 0.25) is 0 Å². The molecule has 30 heavy (non-hydrogen) atoms. The molecule has 0 unspecified atom stereocenters. The zero-order chi connectivity index (χ0) is 21.5. The summed E-state index contributed by atoms with van der Waals surface area (Å²) in [5.41, 5.74) is 2.51. The van der Waals surface area contributed by atoms with E-state index in [-0.39, 0.29) is 22.6 Å². The average Bonchev–Trinajstić information content (AvgIpc) is 2.75. The first-order chi connectivity index (χ1) is 14.4. The number of esters is 1. The predicted octanol–water partition coefficient (Wildman–Crippen LogP) is 3.72. The highest BCUT2D eigenvalue weighted by Gasteiger charge is 2.13. The zero-order valence-corrected chi connectivity index (χ0v) is 15.3. The fourth-order valence-corrected chi connectivity index (χ4v) is 2.41. The molecule has 0 saturated heterocycles. The number of nitrogens with zero attached hydrogens (tertiary/aromatic N) is 2. The number of non-ortho nitro benzene ring substituents is 1. The normalized spacial score (nSPS) is 10.6. The van der Waals surface area contributed by atoms with E-state index in [1.165, 1.54) is 60.8 Å². The molecule has 0 bridgehead atoms. The van der Waals surface area contributed by atoms with Gasteiger partial charge < -0.3 is 4.74 Å². The molecule has 9 heteroatoms.